The summed E-state index contributed by atoms with van der Waals surface area (Å²) >= 11 is 0. The third kappa shape index (κ3) is 68.0. The Hall–Kier alpha value is -4.71. The highest BCUT2D eigenvalue weighted by atomic mass is 16.6. The molecule has 0 aliphatic rings. The summed E-state index contributed by atoms with van der Waals surface area (Å²) in [4.78, 5) is 38.4. The number of ether oxygens (including phenoxy) is 3. The highest BCUT2D eigenvalue weighted by Gasteiger charge is 2.19. The summed E-state index contributed by atoms with van der Waals surface area (Å²) in [7, 11) is 0. The molecule has 0 rings (SSSR count). The largest absolute Gasteiger partial charge is 0.462 e. The fraction of sp³-hybridized carbons (Fsp3) is 0.649. The summed E-state index contributed by atoms with van der Waals surface area (Å²) in [6, 6.07) is 0. The van der Waals surface area contributed by atoms with Crippen LogP contribution in [-0.4, -0.2) is 37.2 Å². The highest BCUT2D eigenvalue weighted by Crippen LogP contribution is 2.16. The number of hydrogen-bond donors (Lipinski definition) is 0. The summed E-state index contributed by atoms with van der Waals surface area (Å²) in [6.45, 7) is 6.28. The molecule has 0 radical (unpaired) electrons. The third-order valence-corrected chi connectivity index (χ3v) is 14.3. The van der Waals surface area contributed by atoms with Crippen molar-refractivity contribution in [3.05, 3.63) is 146 Å². The quantitative estimate of drug-likeness (QED) is 0.0261. The van der Waals surface area contributed by atoms with Gasteiger partial charge in [0, 0.05) is 19.3 Å². The van der Waals surface area contributed by atoms with E-state index >= 15 is 0 Å². The first-order chi connectivity index (χ1) is 41.0. The van der Waals surface area contributed by atoms with E-state index in [1.165, 1.54) is 109 Å². The van der Waals surface area contributed by atoms with Crippen molar-refractivity contribution in [3.63, 3.8) is 0 Å². The minimum Gasteiger partial charge on any atom is -0.462 e. The number of rotatable bonds is 61. The van der Waals surface area contributed by atoms with E-state index in [4.69, 9.17) is 14.2 Å². The lowest BCUT2D eigenvalue weighted by Gasteiger charge is -2.18. The van der Waals surface area contributed by atoms with Gasteiger partial charge in [0.25, 0.3) is 0 Å². The predicted molar refractivity (Wildman–Crippen MR) is 362 cm³/mol. The maximum Gasteiger partial charge on any atom is 0.306 e. The number of unbranched alkanes of at least 4 members (excludes halogenated alkanes) is 26. The zero-order valence-electron chi connectivity index (χ0n) is 53.9. The summed E-state index contributed by atoms with van der Waals surface area (Å²) in [5.41, 5.74) is 0. The minimum absolute atomic E-state index is 0.0950. The van der Waals surface area contributed by atoms with Crippen LogP contribution in [0.15, 0.2) is 146 Å². The van der Waals surface area contributed by atoms with Crippen LogP contribution in [0.3, 0.4) is 0 Å². The second kappa shape index (κ2) is 69.8. The molecule has 0 aliphatic carbocycles. The van der Waals surface area contributed by atoms with E-state index in [0.29, 0.717) is 19.3 Å². The molecule has 0 aromatic carbocycles. The minimum atomic E-state index is -0.803. The molecular formula is C77H126O6. The first kappa shape index (κ1) is 78.3. The fourth-order valence-corrected chi connectivity index (χ4v) is 9.30. The van der Waals surface area contributed by atoms with Gasteiger partial charge in [-0.3, -0.25) is 14.4 Å². The average Bonchev–Trinajstić information content (AvgIpc) is 3.49. The topological polar surface area (TPSA) is 78.9 Å². The van der Waals surface area contributed by atoms with Gasteiger partial charge in [-0.25, -0.2) is 0 Å². The van der Waals surface area contributed by atoms with Gasteiger partial charge >= 0.3 is 17.9 Å². The van der Waals surface area contributed by atoms with Crippen LogP contribution in [0.1, 0.15) is 303 Å². The number of carbonyl (C=O) groups is 3. The highest BCUT2D eigenvalue weighted by molar-refractivity contribution is 5.71. The molecule has 0 spiro atoms. The zero-order valence-corrected chi connectivity index (χ0v) is 53.9. The molecule has 83 heavy (non-hydrogen) atoms. The fourth-order valence-electron chi connectivity index (χ4n) is 9.30. The molecule has 0 N–H and O–H groups in total. The van der Waals surface area contributed by atoms with E-state index < -0.39 is 6.10 Å². The first-order valence-electron chi connectivity index (χ1n) is 34.3. The van der Waals surface area contributed by atoms with Gasteiger partial charge in [-0.1, -0.05) is 295 Å². The Morgan fingerprint density at radius 3 is 0.687 bits per heavy atom. The Balaban J connectivity index is 4.31. The van der Waals surface area contributed by atoms with E-state index in [1.807, 2.05) is 0 Å². The SMILES string of the molecule is CC/C=C\C/C=C\C/C=C\C/C=C\C/C=C\CCCCCCCCCC(=O)OC(COC(=O)CCCCC/C=C\C/C=C\C/C=C\CC)COC(=O)CCCCCCCCCCCCCCCCCC/C=C\C/C=C\C/C=C\C/C=C\CC. The van der Waals surface area contributed by atoms with Gasteiger partial charge < -0.3 is 14.2 Å². The lowest BCUT2D eigenvalue weighted by atomic mass is 10.0. The van der Waals surface area contributed by atoms with E-state index in [0.717, 1.165) is 154 Å². The Morgan fingerprint density at radius 1 is 0.241 bits per heavy atom. The van der Waals surface area contributed by atoms with Crippen LogP contribution >= 0.6 is 0 Å². The van der Waals surface area contributed by atoms with Crippen LogP contribution in [0.5, 0.6) is 0 Å². The molecule has 1 unspecified atom stereocenters. The maximum absolute atomic E-state index is 12.9. The van der Waals surface area contributed by atoms with Crippen molar-refractivity contribution >= 4 is 17.9 Å². The number of carbonyl (C=O) groups excluding carboxylic acids is 3. The monoisotopic (exact) mass is 1150 g/mol. The molecule has 0 bridgehead atoms. The summed E-state index contributed by atoms with van der Waals surface area (Å²) in [5, 5.41) is 0. The Kier molecular flexibility index (Phi) is 65.8. The van der Waals surface area contributed by atoms with Gasteiger partial charge in [-0.15, -0.1) is 0 Å². The Labute approximate surface area is 512 Å². The van der Waals surface area contributed by atoms with Crippen molar-refractivity contribution in [1.29, 1.82) is 0 Å². The van der Waals surface area contributed by atoms with Crippen molar-refractivity contribution < 1.29 is 28.6 Å². The van der Waals surface area contributed by atoms with Crippen LogP contribution in [0.25, 0.3) is 0 Å². The molecule has 0 aliphatic heterocycles. The van der Waals surface area contributed by atoms with Gasteiger partial charge in [-0.2, -0.15) is 0 Å². The van der Waals surface area contributed by atoms with Crippen molar-refractivity contribution in [1.82, 2.24) is 0 Å². The van der Waals surface area contributed by atoms with Gasteiger partial charge in [0.15, 0.2) is 6.10 Å². The molecule has 6 heteroatoms. The van der Waals surface area contributed by atoms with Crippen LogP contribution in [0.4, 0.5) is 0 Å². The Bertz CT molecular complexity index is 1800. The maximum atomic E-state index is 12.9. The van der Waals surface area contributed by atoms with Crippen LogP contribution < -0.4 is 0 Å². The second-order valence-corrected chi connectivity index (χ2v) is 22.3. The molecule has 0 saturated heterocycles. The summed E-state index contributed by atoms with van der Waals surface area (Å²) in [6.07, 6.45) is 100. The molecule has 0 saturated carbocycles. The first-order valence-corrected chi connectivity index (χ1v) is 34.3. The lowest BCUT2D eigenvalue weighted by molar-refractivity contribution is -0.167. The number of esters is 3. The molecular weight excluding hydrogens is 1020 g/mol. The lowest BCUT2D eigenvalue weighted by Crippen LogP contribution is -2.30. The summed E-state index contributed by atoms with van der Waals surface area (Å²) < 4.78 is 16.9. The molecule has 0 amide bonds. The number of hydrogen-bond acceptors (Lipinski definition) is 6. The molecule has 0 heterocycles. The van der Waals surface area contributed by atoms with Crippen LogP contribution in [0, 0.1) is 0 Å². The van der Waals surface area contributed by atoms with Crippen LogP contribution in [-0.2, 0) is 28.6 Å². The van der Waals surface area contributed by atoms with Crippen molar-refractivity contribution in [2.75, 3.05) is 13.2 Å². The zero-order chi connectivity index (χ0) is 59.9. The predicted octanol–water partition coefficient (Wildman–Crippen LogP) is 23.9. The normalized spacial score (nSPS) is 13.0. The number of allylic oxidation sites excluding steroid dienone is 24. The van der Waals surface area contributed by atoms with Crippen molar-refractivity contribution in [3.8, 4) is 0 Å². The second-order valence-electron chi connectivity index (χ2n) is 22.3. The molecule has 0 fully saturated rings. The van der Waals surface area contributed by atoms with E-state index in [-0.39, 0.29) is 31.1 Å². The van der Waals surface area contributed by atoms with Crippen molar-refractivity contribution in [2.24, 2.45) is 0 Å². The van der Waals surface area contributed by atoms with Crippen LogP contribution in [0.2, 0.25) is 0 Å². The molecule has 470 valence electrons. The van der Waals surface area contributed by atoms with E-state index in [2.05, 4.69) is 167 Å². The summed E-state index contributed by atoms with van der Waals surface area (Å²) in [5.74, 6) is -0.932. The third-order valence-electron chi connectivity index (χ3n) is 14.3. The average molecular weight is 1150 g/mol. The van der Waals surface area contributed by atoms with Gasteiger partial charge in [0.1, 0.15) is 13.2 Å². The van der Waals surface area contributed by atoms with E-state index in [9.17, 15) is 14.4 Å². The van der Waals surface area contributed by atoms with E-state index in [1.54, 1.807) is 0 Å². The van der Waals surface area contributed by atoms with Gasteiger partial charge in [0.2, 0.25) is 0 Å². The molecule has 1 atom stereocenters. The van der Waals surface area contributed by atoms with Crippen molar-refractivity contribution in [2.45, 2.75) is 309 Å². The van der Waals surface area contributed by atoms with Gasteiger partial charge in [0.05, 0.1) is 0 Å². The molecule has 0 aromatic rings. The standard InChI is InChI=1S/C77H126O6/c1-4-7-10-13-16-19-22-25-27-29-31-33-35-36-37-38-39-40-42-43-45-47-49-52-55-58-61-64-67-70-76(79)82-73-74(72-81-75(78)69-66-63-60-57-54-51-24-21-18-15-12-9-6-3)83-77(80)71-68-65-62-59-56-53-50-48-46-44-41-34-32-30-28-26-23-20-17-14-11-8-5-2/h7-12,16-21,25-28,31-34,44,46,51,54,74H,4-6,13-15,22-24,29-30,35-43,45,47-50,52-53,55-73H2,1-3H3/b10-7-,11-8-,12-9-,19-16-,20-17-,21-18-,27-25-,28-26-,33-31-,34-32-,46-44-,54-51-. The molecule has 0 aromatic heterocycles. The van der Waals surface area contributed by atoms with Gasteiger partial charge in [-0.05, 0) is 135 Å². The molecule has 6 nitrogen and oxygen atoms in total. The smallest absolute Gasteiger partial charge is 0.306 e. The Morgan fingerprint density at radius 2 is 0.434 bits per heavy atom.